The predicted molar refractivity (Wildman–Crippen MR) is 108 cm³/mol. The molecule has 0 saturated carbocycles. The van der Waals surface area contributed by atoms with Crippen LogP contribution >= 0.6 is 0 Å². The van der Waals surface area contributed by atoms with Crippen LogP contribution in [0.1, 0.15) is 33.8 Å². The molecule has 1 aliphatic heterocycles. The number of aromatic amines is 1. The molecular weight excluding hydrogens is 415 g/mol. The van der Waals surface area contributed by atoms with Crippen molar-refractivity contribution in [2.24, 2.45) is 0 Å². The van der Waals surface area contributed by atoms with Crippen molar-refractivity contribution in [3.05, 3.63) is 83.9 Å². The lowest BCUT2D eigenvalue weighted by Crippen LogP contribution is -2.41. The zero-order valence-corrected chi connectivity index (χ0v) is 16.5. The van der Waals surface area contributed by atoms with Crippen LogP contribution in [0.4, 0.5) is 4.39 Å². The molecule has 32 heavy (non-hydrogen) atoms. The molecule has 5 aromatic heterocycles. The van der Waals surface area contributed by atoms with E-state index in [2.05, 4.69) is 30.2 Å². The SMILES string of the molecule is O=C(c1nnc(-c2ccccn2)o1)N1CCc2[nH]cnc2[C@H]1c1cc2c(F)cccn2n1. The maximum absolute atomic E-state index is 14.3. The van der Waals surface area contributed by atoms with Gasteiger partial charge in [-0.05, 0) is 30.3 Å². The Morgan fingerprint density at radius 3 is 2.97 bits per heavy atom. The molecular formula is C21H15FN8O2. The molecule has 0 spiro atoms. The van der Waals surface area contributed by atoms with Crippen molar-refractivity contribution in [1.29, 1.82) is 0 Å². The van der Waals surface area contributed by atoms with Crippen molar-refractivity contribution in [3.63, 3.8) is 0 Å². The summed E-state index contributed by atoms with van der Waals surface area (Å²) in [6, 6.07) is 9.19. The molecule has 0 aromatic carbocycles. The second-order valence-corrected chi connectivity index (χ2v) is 7.30. The molecule has 0 aliphatic carbocycles. The van der Waals surface area contributed by atoms with E-state index in [-0.39, 0.29) is 11.8 Å². The van der Waals surface area contributed by atoms with E-state index in [4.69, 9.17) is 4.42 Å². The van der Waals surface area contributed by atoms with Crippen molar-refractivity contribution in [3.8, 4) is 11.6 Å². The van der Waals surface area contributed by atoms with Crippen LogP contribution in [0.2, 0.25) is 0 Å². The summed E-state index contributed by atoms with van der Waals surface area (Å²) < 4.78 is 21.4. The summed E-state index contributed by atoms with van der Waals surface area (Å²) in [5.41, 5.74) is 2.82. The van der Waals surface area contributed by atoms with Crippen LogP contribution in [-0.2, 0) is 6.42 Å². The first kappa shape index (κ1) is 18.4. The molecule has 0 radical (unpaired) electrons. The maximum atomic E-state index is 14.3. The van der Waals surface area contributed by atoms with Crippen LogP contribution in [0.15, 0.2) is 59.5 Å². The van der Waals surface area contributed by atoms with E-state index in [9.17, 15) is 9.18 Å². The summed E-state index contributed by atoms with van der Waals surface area (Å²) in [4.78, 5) is 26.7. The second-order valence-electron chi connectivity index (χ2n) is 7.30. The standard InChI is InChI=1S/C21H15FN8O2/c22-12-4-3-8-30-16(12)10-15(28-30)18-17-13(24-11-25-17)6-9-29(18)21(31)20-27-26-19(32-20)14-5-1-2-7-23-14/h1-5,7-8,10-11,18H,6,9H2,(H,24,25)/t18-/m1/s1. The average molecular weight is 430 g/mol. The van der Waals surface area contributed by atoms with Crippen LogP contribution in [0.5, 0.6) is 0 Å². The zero-order valence-electron chi connectivity index (χ0n) is 16.5. The number of hydrogen-bond donors (Lipinski definition) is 1. The molecule has 158 valence electrons. The van der Waals surface area contributed by atoms with Gasteiger partial charge in [0.05, 0.1) is 17.7 Å². The minimum absolute atomic E-state index is 0.151. The normalized spacial score (nSPS) is 15.8. The predicted octanol–water partition coefficient (Wildman–Crippen LogP) is 2.43. The number of H-pyrrole nitrogens is 1. The largest absolute Gasteiger partial charge is 0.411 e. The zero-order chi connectivity index (χ0) is 21.7. The van der Waals surface area contributed by atoms with Gasteiger partial charge in [0.15, 0.2) is 0 Å². The number of aromatic nitrogens is 7. The second kappa shape index (κ2) is 7.08. The van der Waals surface area contributed by atoms with E-state index in [1.165, 1.54) is 10.6 Å². The Hall–Kier alpha value is -4.41. The van der Waals surface area contributed by atoms with E-state index < -0.39 is 17.8 Å². The van der Waals surface area contributed by atoms with Gasteiger partial charge >= 0.3 is 11.8 Å². The fourth-order valence-electron chi connectivity index (χ4n) is 3.95. The highest BCUT2D eigenvalue weighted by atomic mass is 19.1. The van der Waals surface area contributed by atoms with Gasteiger partial charge in [0.2, 0.25) is 0 Å². The van der Waals surface area contributed by atoms with Gasteiger partial charge in [0.1, 0.15) is 23.1 Å². The first-order chi connectivity index (χ1) is 15.7. The molecule has 10 nitrogen and oxygen atoms in total. The number of carbonyl (C=O) groups excluding carboxylic acids is 1. The molecule has 6 rings (SSSR count). The molecule has 5 aromatic rings. The quantitative estimate of drug-likeness (QED) is 0.467. The van der Waals surface area contributed by atoms with Crippen molar-refractivity contribution in [2.45, 2.75) is 12.5 Å². The summed E-state index contributed by atoms with van der Waals surface area (Å²) in [7, 11) is 0. The number of amides is 1. The van der Waals surface area contributed by atoms with E-state index in [0.717, 1.165) is 5.69 Å². The van der Waals surface area contributed by atoms with E-state index in [1.54, 1.807) is 54.0 Å². The maximum Gasteiger partial charge on any atom is 0.312 e. The van der Waals surface area contributed by atoms with Gasteiger partial charge in [-0.1, -0.05) is 6.07 Å². The third-order valence-electron chi connectivity index (χ3n) is 5.43. The van der Waals surface area contributed by atoms with Gasteiger partial charge in [-0.2, -0.15) is 5.10 Å². The Balaban J connectivity index is 1.41. The molecule has 6 heterocycles. The topological polar surface area (TPSA) is 118 Å². The van der Waals surface area contributed by atoms with Gasteiger partial charge in [0, 0.05) is 31.1 Å². The third kappa shape index (κ3) is 2.86. The fourth-order valence-corrected chi connectivity index (χ4v) is 3.95. The molecule has 1 amide bonds. The number of imidazole rings is 1. The molecule has 1 N–H and O–H groups in total. The van der Waals surface area contributed by atoms with Crippen LogP contribution < -0.4 is 0 Å². The smallest absolute Gasteiger partial charge is 0.312 e. The van der Waals surface area contributed by atoms with Crippen LogP contribution in [-0.4, -0.2) is 52.1 Å². The highest BCUT2D eigenvalue weighted by molar-refractivity contribution is 5.90. The van der Waals surface area contributed by atoms with Gasteiger partial charge in [-0.3, -0.25) is 9.78 Å². The van der Waals surface area contributed by atoms with Crippen LogP contribution in [0.3, 0.4) is 0 Å². The Bertz CT molecular complexity index is 1440. The number of pyridine rings is 2. The molecule has 0 fully saturated rings. The number of rotatable bonds is 3. The third-order valence-corrected chi connectivity index (χ3v) is 5.43. The lowest BCUT2D eigenvalue weighted by Gasteiger charge is -2.32. The minimum Gasteiger partial charge on any atom is -0.411 e. The summed E-state index contributed by atoms with van der Waals surface area (Å²) in [6.45, 7) is 0.371. The Morgan fingerprint density at radius 1 is 1.19 bits per heavy atom. The molecule has 11 heteroatoms. The highest BCUT2D eigenvalue weighted by Gasteiger charge is 2.38. The number of nitrogens with zero attached hydrogens (tertiary/aromatic N) is 7. The molecule has 0 saturated heterocycles. The van der Waals surface area contributed by atoms with Gasteiger partial charge in [-0.15, -0.1) is 10.2 Å². The lowest BCUT2D eigenvalue weighted by molar-refractivity contribution is 0.0646. The Labute approximate surface area is 179 Å². The van der Waals surface area contributed by atoms with Crippen molar-refractivity contribution >= 4 is 11.4 Å². The van der Waals surface area contributed by atoms with Crippen molar-refractivity contribution < 1.29 is 13.6 Å². The van der Waals surface area contributed by atoms with Gasteiger partial charge in [-0.25, -0.2) is 13.9 Å². The number of carbonyl (C=O) groups is 1. The lowest BCUT2D eigenvalue weighted by atomic mass is 9.99. The summed E-state index contributed by atoms with van der Waals surface area (Å²) in [5.74, 6) is -0.877. The van der Waals surface area contributed by atoms with Crippen molar-refractivity contribution in [1.82, 2.24) is 39.7 Å². The first-order valence-electron chi connectivity index (χ1n) is 9.91. The average Bonchev–Trinajstić information content (AvgIpc) is 3.58. The fraction of sp³-hybridized carbons (Fsp3) is 0.143. The monoisotopic (exact) mass is 430 g/mol. The van der Waals surface area contributed by atoms with Crippen LogP contribution in [0, 0.1) is 5.82 Å². The number of nitrogens with one attached hydrogen (secondary N) is 1. The van der Waals surface area contributed by atoms with Crippen molar-refractivity contribution in [2.75, 3.05) is 6.54 Å². The summed E-state index contributed by atoms with van der Waals surface area (Å²) >= 11 is 0. The van der Waals surface area contributed by atoms with Gasteiger partial charge in [0.25, 0.3) is 5.89 Å². The van der Waals surface area contributed by atoms with Crippen LogP contribution in [0.25, 0.3) is 17.1 Å². The van der Waals surface area contributed by atoms with Gasteiger partial charge < -0.3 is 14.3 Å². The molecule has 0 unspecified atom stereocenters. The summed E-state index contributed by atoms with van der Waals surface area (Å²) in [6.07, 6.45) is 5.40. The minimum atomic E-state index is -0.637. The molecule has 1 aliphatic rings. The first-order valence-corrected chi connectivity index (χ1v) is 9.91. The summed E-state index contributed by atoms with van der Waals surface area (Å²) in [5, 5.41) is 12.4. The van der Waals surface area contributed by atoms with E-state index >= 15 is 0 Å². The molecule has 0 bridgehead atoms. The molecule has 1 atom stereocenters. The van der Waals surface area contributed by atoms with E-state index in [1.807, 2.05) is 0 Å². The Kier molecular flexibility index (Phi) is 4.06. The Morgan fingerprint density at radius 2 is 2.12 bits per heavy atom. The number of fused-ring (bicyclic) bond motifs is 2. The number of halogens is 1. The van der Waals surface area contributed by atoms with E-state index in [0.29, 0.717) is 35.6 Å². The highest BCUT2D eigenvalue weighted by Crippen LogP contribution is 2.34. The number of hydrogen-bond acceptors (Lipinski definition) is 7.